The van der Waals surface area contributed by atoms with E-state index in [-0.39, 0.29) is 5.82 Å². The monoisotopic (exact) mass is 290 g/mol. The minimum Gasteiger partial charge on any atom is -0.480 e. The van der Waals surface area contributed by atoms with Crippen molar-refractivity contribution in [3.8, 4) is 0 Å². The molecule has 2 aromatic carbocycles. The van der Waals surface area contributed by atoms with Gasteiger partial charge in [-0.1, -0.05) is 49.4 Å². The van der Waals surface area contributed by atoms with Gasteiger partial charge < -0.3 is 5.11 Å². The third-order valence-corrected chi connectivity index (χ3v) is 4.46. The summed E-state index contributed by atoms with van der Waals surface area (Å²) in [7, 11) is 0. The molecule has 0 fully saturated rings. The van der Waals surface area contributed by atoms with Crippen LogP contribution in [0.2, 0.25) is 0 Å². The molecule has 4 heteroatoms. The number of carbonyl (C=O) groups is 1. The molecule has 20 heavy (non-hydrogen) atoms. The van der Waals surface area contributed by atoms with Crippen molar-refractivity contribution < 1.29 is 14.3 Å². The van der Waals surface area contributed by atoms with Crippen molar-refractivity contribution in [2.45, 2.75) is 11.7 Å². The van der Waals surface area contributed by atoms with Crippen LogP contribution in [0.1, 0.15) is 18.1 Å². The molecule has 0 saturated heterocycles. The molecule has 0 aromatic heterocycles. The van der Waals surface area contributed by atoms with Gasteiger partial charge in [0.15, 0.2) is 4.75 Å². The van der Waals surface area contributed by atoms with Gasteiger partial charge in [-0.15, -0.1) is 11.8 Å². The van der Waals surface area contributed by atoms with Crippen LogP contribution >= 0.6 is 11.8 Å². The first-order valence-electron chi connectivity index (χ1n) is 6.30. The summed E-state index contributed by atoms with van der Waals surface area (Å²) in [4.78, 5) is 12.0. The maximum Gasteiger partial charge on any atom is 0.328 e. The number of hydrogen-bond donors (Lipinski definition) is 1. The summed E-state index contributed by atoms with van der Waals surface area (Å²) in [5.41, 5.74) is 1.26. The molecule has 104 valence electrons. The quantitative estimate of drug-likeness (QED) is 0.907. The van der Waals surface area contributed by atoms with Gasteiger partial charge in [-0.25, -0.2) is 9.18 Å². The second kappa shape index (κ2) is 6.09. The van der Waals surface area contributed by atoms with Crippen LogP contribution < -0.4 is 0 Å². The number of benzene rings is 2. The number of hydrogen-bond acceptors (Lipinski definition) is 2. The van der Waals surface area contributed by atoms with Crippen LogP contribution in [0.25, 0.3) is 0 Å². The molecule has 0 aliphatic heterocycles. The minimum absolute atomic E-state index is 0.373. The van der Waals surface area contributed by atoms with Gasteiger partial charge in [0.25, 0.3) is 0 Å². The number of rotatable bonds is 5. The highest BCUT2D eigenvalue weighted by Gasteiger charge is 2.42. The number of thioether (sulfide) groups is 1. The number of carboxylic acids is 1. The van der Waals surface area contributed by atoms with Crippen molar-refractivity contribution in [2.75, 3.05) is 5.75 Å². The minimum atomic E-state index is -1.20. The van der Waals surface area contributed by atoms with E-state index >= 15 is 0 Å². The fraction of sp³-hybridized carbons (Fsp3) is 0.188. The predicted molar refractivity (Wildman–Crippen MR) is 79.4 cm³/mol. The lowest BCUT2D eigenvalue weighted by atomic mass is 9.90. The fourth-order valence-electron chi connectivity index (χ4n) is 2.22. The van der Waals surface area contributed by atoms with Crippen molar-refractivity contribution in [2.24, 2.45) is 0 Å². The normalized spacial score (nSPS) is 13.7. The molecular weight excluding hydrogens is 275 g/mol. The number of aliphatic carboxylic acids is 1. The first-order valence-corrected chi connectivity index (χ1v) is 7.28. The van der Waals surface area contributed by atoms with E-state index < -0.39 is 10.7 Å². The SMILES string of the molecule is CCSC(C(=O)O)(c1ccccc1)c1ccc(F)cc1. The van der Waals surface area contributed by atoms with Gasteiger partial charge in [0.1, 0.15) is 5.82 Å². The Balaban J connectivity index is 2.65. The van der Waals surface area contributed by atoms with Crippen LogP contribution in [0.3, 0.4) is 0 Å². The summed E-state index contributed by atoms with van der Waals surface area (Å²) in [5.74, 6) is -0.678. The molecule has 0 saturated carbocycles. The van der Waals surface area contributed by atoms with Crippen LogP contribution in [-0.2, 0) is 9.54 Å². The van der Waals surface area contributed by atoms with Gasteiger partial charge in [-0.2, -0.15) is 0 Å². The average Bonchev–Trinajstić information content (AvgIpc) is 2.46. The van der Waals surface area contributed by atoms with Crippen molar-refractivity contribution in [1.82, 2.24) is 0 Å². The zero-order chi connectivity index (χ0) is 14.6. The second-order valence-corrected chi connectivity index (χ2v) is 5.77. The molecule has 0 bridgehead atoms. The van der Waals surface area contributed by atoms with E-state index in [0.717, 1.165) is 0 Å². The van der Waals surface area contributed by atoms with Crippen molar-refractivity contribution in [3.63, 3.8) is 0 Å². The largest absolute Gasteiger partial charge is 0.480 e. The fourth-order valence-corrected chi connectivity index (χ4v) is 3.38. The molecule has 0 spiro atoms. The maximum atomic E-state index is 13.1. The highest BCUT2D eigenvalue weighted by molar-refractivity contribution is 8.01. The third kappa shape index (κ3) is 2.56. The van der Waals surface area contributed by atoms with E-state index in [1.165, 1.54) is 23.9 Å². The van der Waals surface area contributed by atoms with E-state index in [4.69, 9.17) is 0 Å². The lowest BCUT2D eigenvalue weighted by Gasteiger charge is -2.29. The first kappa shape index (κ1) is 14.6. The lowest BCUT2D eigenvalue weighted by molar-refractivity contribution is -0.138. The summed E-state index contributed by atoms with van der Waals surface area (Å²) in [6.45, 7) is 1.91. The van der Waals surface area contributed by atoms with Crippen molar-refractivity contribution >= 4 is 17.7 Å². The zero-order valence-electron chi connectivity index (χ0n) is 11.0. The maximum absolute atomic E-state index is 13.1. The molecule has 2 nitrogen and oxygen atoms in total. The molecular formula is C16H15FO2S. The van der Waals surface area contributed by atoms with Gasteiger partial charge in [0, 0.05) is 0 Å². The molecule has 1 N–H and O–H groups in total. The molecule has 1 unspecified atom stereocenters. The highest BCUT2D eigenvalue weighted by atomic mass is 32.2. The van der Waals surface area contributed by atoms with Gasteiger partial charge >= 0.3 is 5.97 Å². The zero-order valence-corrected chi connectivity index (χ0v) is 11.9. The van der Waals surface area contributed by atoms with Crippen molar-refractivity contribution in [3.05, 3.63) is 71.5 Å². The summed E-state index contributed by atoms with van der Waals surface area (Å²) in [6, 6.07) is 14.7. The average molecular weight is 290 g/mol. The van der Waals surface area contributed by atoms with Crippen molar-refractivity contribution in [1.29, 1.82) is 0 Å². The Morgan fingerprint density at radius 3 is 2.15 bits per heavy atom. The molecule has 2 rings (SSSR count). The molecule has 0 heterocycles. The molecule has 0 radical (unpaired) electrons. The van der Waals surface area contributed by atoms with Crippen LogP contribution in [-0.4, -0.2) is 16.8 Å². The van der Waals surface area contributed by atoms with Gasteiger partial charge in [-0.3, -0.25) is 0 Å². The van der Waals surface area contributed by atoms with Crippen LogP contribution in [0.4, 0.5) is 4.39 Å². The Bertz CT molecular complexity index is 583. The first-order chi connectivity index (χ1) is 9.61. The predicted octanol–water partition coefficient (Wildman–Crippen LogP) is 3.91. The molecule has 0 aliphatic rings. The molecule has 0 aliphatic carbocycles. The second-order valence-electron chi connectivity index (χ2n) is 4.29. The molecule has 1 atom stereocenters. The van der Waals surface area contributed by atoms with E-state index in [9.17, 15) is 14.3 Å². The van der Waals surface area contributed by atoms with E-state index in [1.807, 2.05) is 25.1 Å². The Morgan fingerprint density at radius 1 is 1.10 bits per heavy atom. The highest BCUT2D eigenvalue weighted by Crippen LogP contribution is 2.43. The summed E-state index contributed by atoms with van der Waals surface area (Å²) >= 11 is 1.32. The Hall–Kier alpha value is -1.81. The van der Waals surface area contributed by atoms with Crippen LogP contribution in [0.5, 0.6) is 0 Å². The summed E-state index contributed by atoms with van der Waals surface area (Å²) in [5, 5.41) is 9.82. The van der Waals surface area contributed by atoms with E-state index in [0.29, 0.717) is 16.9 Å². The topological polar surface area (TPSA) is 37.3 Å². The van der Waals surface area contributed by atoms with Gasteiger partial charge in [0.2, 0.25) is 0 Å². The summed E-state index contributed by atoms with van der Waals surface area (Å²) in [6.07, 6.45) is 0. The van der Waals surface area contributed by atoms with Crippen LogP contribution in [0, 0.1) is 5.82 Å². The van der Waals surface area contributed by atoms with Gasteiger partial charge in [0.05, 0.1) is 0 Å². The Labute approximate surface area is 121 Å². The number of carboxylic acid groups (broad SMARTS) is 1. The third-order valence-electron chi connectivity index (χ3n) is 3.09. The number of halogens is 1. The molecule has 0 amide bonds. The summed E-state index contributed by atoms with van der Waals surface area (Å²) < 4.78 is 11.9. The van der Waals surface area contributed by atoms with Gasteiger partial charge in [-0.05, 0) is 29.0 Å². The van der Waals surface area contributed by atoms with E-state index in [2.05, 4.69) is 0 Å². The smallest absolute Gasteiger partial charge is 0.328 e. The Kier molecular flexibility index (Phi) is 4.45. The standard InChI is InChI=1S/C16H15FO2S/c1-2-20-16(15(18)19,12-6-4-3-5-7-12)13-8-10-14(17)11-9-13/h3-11H,2H2,1H3,(H,18,19). The molecule has 2 aromatic rings. The Morgan fingerprint density at radius 2 is 1.65 bits per heavy atom. The van der Waals surface area contributed by atoms with Crippen LogP contribution in [0.15, 0.2) is 54.6 Å². The van der Waals surface area contributed by atoms with E-state index in [1.54, 1.807) is 24.3 Å². The lowest BCUT2D eigenvalue weighted by Crippen LogP contribution is -2.34.